The van der Waals surface area contributed by atoms with Crippen LogP contribution in [0.1, 0.15) is 11.1 Å². The molecule has 2 N–H and O–H groups in total. The fourth-order valence-electron chi connectivity index (χ4n) is 4.26. The molecule has 10 heteroatoms. The fraction of sp³-hybridized carbons (Fsp3) is 0.226. The van der Waals surface area contributed by atoms with Crippen molar-refractivity contribution in [2.24, 2.45) is 0 Å². The van der Waals surface area contributed by atoms with Crippen molar-refractivity contribution in [1.82, 2.24) is 10.6 Å². The molecule has 0 aliphatic carbocycles. The molecule has 0 aromatic heterocycles. The van der Waals surface area contributed by atoms with Gasteiger partial charge in [0, 0.05) is 17.2 Å². The molecule has 212 valence electrons. The fourth-order valence-corrected chi connectivity index (χ4v) is 4.26. The van der Waals surface area contributed by atoms with Crippen LogP contribution in [0.25, 0.3) is 21.5 Å². The van der Waals surface area contributed by atoms with Gasteiger partial charge in [0.05, 0.1) is 14.2 Å². The molecule has 0 fully saturated rings. The summed E-state index contributed by atoms with van der Waals surface area (Å²) in [7, 11) is 2.49. The number of carbonyl (C=O) groups is 4. The van der Waals surface area contributed by atoms with Crippen LogP contribution in [0.5, 0.6) is 11.5 Å². The van der Waals surface area contributed by atoms with Crippen LogP contribution in [0.3, 0.4) is 0 Å². The Balaban J connectivity index is 1.63. The third kappa shape index (κ3) is 7.51. The van der Waals surface area contributed by atoms with E-state index in [-0.39, 0.29) is 26.3 Å². The highest BCUT2D eigenvalue weighted by molar-refractivity contribution is 5.92. The summed E-state index contributed by atoms with van der Waals surface area (Å²) in [5, 5.41) is 8.44. The summed E-state index contributed by atoms with van der Waals surface area (Å²) < 4.78 is 21.2. The quantitative estimate of drug-likeness (QED) is 0.254. The van der Waals surface area contributed by atoms with Gasteiger partial charge in [0.1, 0.15) is 24.6 Å². The molecular formula is C31H30N2O8. The zero-order valence-electron chi connectivity index (χ0n) is 22.7. The molecule has 0 aliphatic rings. The zero-order chi connectivity index (χ0) is 29.2. The van der Waals surface area contributed by atoms with Crippen molar-refractivity contribution in [2.45, 2.75) is 6.42 Å². The lowest BCUT2D eigenvalue weighted by Crippen LogP contribution is -2.34. The molecule has 0 bridgehead atoms. The summed E-state index contributed by atoms with van der Waals surface area (Å²) in [5.74, 6) is -1.03. The zero-order valence-corrected chi connectivity index (χ0v) is 22.7. The molecular weight excluding hydrogens is 528 g/mol. The van der Waals surface area contributed by atoms with Gasteiger partial charge in [0.2, 0.25) is 0 Å². The van der Waals surface area contributed by atoms with E-state index in [2.05, 4.69) is 20.1 Å². The molecule has 0 saturated heterocycles. The molecule has 0 spiro atoms. The van der Waals surface area contributed by atoms with Crippen LogP contribution in [0.4, 0.5) is 0 Å². The minimum absolute atomic E-state index is 0.258. The van der Waals surface area contributed by atoms with Gasteiger partial charge in [-0.2, -0.15) is 0 Å². The van der Waals surface area contributed by atoms with Gasteiger partial charge < -0.3 is 29.6 Å². The standard InChI is InChI=1S/C31H30N2O8/c1-38-28(36)16-32-26(34)18-40-30-22(13-11-20-7-3-5-9-24(20)30)15-23-14-12-21-8-4-6-10-25(21)31(23)41-19-27(35)33-17-29(37)39-2/h3-14H,15-19H2,1-2H3,(H,32,34)(H,33,35). The van der Waals surface area contributed by atoms with Gasteiger partial charge >= 0.3 is 11.9 Å². The predicted octanol–water partition coefficient (Wildman–Crippen LogP) is 2.92. The third-order valence-electron chi connectivity index (χ3n) is 6.31. The van der Waals surface area contributed by atoms with Crippen molar-refractivity contribution < 1.29 is 38.1 Å². The highest BCUT2D eigenvalue weighted by Gasteiger charge is 2.17. The smallest absolute Gasteiger partial charge is 0.325 e. The molecule has 0 unspecified atom stereocenters. The van der Waals surface area contributed by atoms with Crippen LogP contribution in [-0.2, 0) is 35.1 Å². The number of amides is 2. The van der Waals surface area contributed by atoms with E-state index >= 15 is 0 Å². The number of rotatable bonds is 12. The number of hydrogen-bond donors (Lipinski definition) is 2. The number of esters is 2. The van der Waals surface area contributed by atoms with Crippen LogP contribution < -0.4 is 20.1 Å². The van der Waals surface area contributed by atoms with Crippen molar-refractivity contribution in [3.8, 4) is 11.5 Å². The second kappa shape index (κ2) is 13.8. The van der Waals surface area contributed by atoms with Crippen molar-refractivity contribution >= 4 is 45.3 Å². The van der Waals surface area contributed by atoms with E-state index in [1.807, 2.05) is 72.8 Å². The Labute approximate surface area is 236 Å². The molecule has 0 saturated carbocycles. The average Bonchev–Trinajstić information content (AvgIpc) is 3.00. The van der Waals surface area contributed by atoms with Crippen LogP contribution in [-0.4, -0.2) is 64.3 Å². The van der Waals surface area contributed by atoms with Crippen LogP contribution >= 0.6 is 0 Å². The number of fused-ring (bicyclic) bond motifs is 2. The van der Waals surface area contributed by atoms with E-state index < -0.39 is 23.8 Å². The van der Waals surface area contributed by atoms with Gasteiger partial charge in [-0.15, -0.1) is 0 Å². The summed E-state index contributed by atoms with van der Waals surface area (Å²) in [6.45, 7) is -1.13. The predicted molar refractivity (Wildman–Crippen MR) is 152 cm³/mol. The largest absolute Gasteiger partial charge is 0.483 e. The number of nitrogens with one attached hydrogen (secondary N) is 2. The Morgan fingerprint density at radius 3 is 1.41 bits per heavy atom. The van der Waals surface area contributed by atoms with Crippen LogP contribution in [0, 0.1) is 0 Å². The first-order valence-electron chi connectivity index (χ1n) is 12.8. The van der Waals surface area contributed by atoms with E-state index in [1.165, 1.54) is 14.2 Å². The minimum atomic E-state index is -0.563. The summed E-state index contributed by atoms with van der Waals surface area (Å²) in [6, 6.07) is 23.1. The molecule has 0 aliphatic heterocycles. The van der Waals surface area contributed by atoms with E-state index in [1.54, 1.807) is 0 Å². The first-order valence-corrected chi connectivity index (χ1v) is 12.8. The van der Waals surface area contributed by atoms with Gasteiger partial charge in [-0.1, -0.05) is 72.8 Å². The first-order chi connectivity index (χ1) is 19.9. The van der Waals surface area contributed by atoms with Crippen molar-refractivity contribution in [2.75, 3.05) is 40.5 Å². The molecule has 4 aromatic carbocycles. The molecule has 10 nitrogen and oxygen atoms in total. The van der Waals surface area contributed by atoms with Gasteiger partial charge in [-0.3, -0.25) is 19.2 Å². The third-order valence-corrected chi connectivity index (χ3v) is 6.31. The maximum atomic E-state index is 12.4. The van der Waals surface area contributed by atoms with Crippen molar-refractivity contribution in [1.29, 1.82) is 0 Å². The van der Waals surface area contributed by atoms with Crippen molar-refractivity contribution in [3.63, 3.8) is 0 Å². The van der Waals surface area contributed by atoms with Crippen molar-refractivity contribution in [3.05, 3.63) is 83.9 Å². The Morgan fingerprint density at radius 2 is 1.00 bits per heavy atom. The van der Waals surface area contributed by atoms with Gasteiger partial charge in [0.25, 0.3) is 11.8 Å². The highest BCUT2D eigenvalue weighted by Crippen LogP contribution is 2.36. The Hall–Kier alpha value is -5.12. The lowest BCUT2D eigenvalue weighted by molar-refractivity contribution is -0.141. The summed E-state index contributed by atoms with van der Waals surface area (Å²) >= 11 is 0. The number of methoxy groups -OCH3 is 2. The van der Waals surface area contributed by atoms with Gasteiger partial charge in [-0.25, -0.2) is 0 Å². The Bertz CT molecular complexity index is 1470. The summed E-state index contributed by atoms with van der Waals surface area (Å²) in [5.41, 5.74) is 1.58. The summed E-state index contributed by atoms with van der Waals surface area (Å²) in [6.07, 6.45) is 0.369. The topological polar surface area (TPSA) is 129 Å². The molecule has 4 aromatic rings. The van der Waals surface area contributed by atoms with Gasteiger partial charge in [0.15, 0.2) is 13.2 Å². The number of hydrogen-bond acceptors (Lipinski definition) is 8. The molecule has 0 atom stereocenters. The Kier molecular flexibility index (Phi) is 9.71. The second-order valence-electron chi connectivity index (χ2n) is 9.01. The van der Waals surface area contributed by atoms with E-state index in [4.69, 9.17) is 9.47 Å². The SMILES string of the molecule is COC(=O)CNC(=O)COc1c(Cc2ccc3ccccc3c2OCC(=O)NCC(=O)OC)ccc2ccccc12. The first kappa shape index (κ1) is 28.9. The number of ether oxygens (including phenoxy) is 4. The van der Waals surface area contributed by atoms with E-state index in [9.17, 15) is 19.2 Å². The van der Waals surface area contributed by atoms with Crippen LogP contribution in [0.2, 0.25) is 0 Å². The second-order valence-corrected chi connectivity index (χ2v) is 9.01. The summed E-state index contributed by atoms with van der Waals surface area (Å²) in [4.78, 5) is 47.5. The van der Waals surface area contributed by atoms with Crippen LogP contribution in [0.15, 0.2) is 72.8 Å². The maximum absolute atomic E-state index is 12.4. The molecule has 4 rings (SSSR count). The van der Waals surface area contributed by atoms with E-state index in [0.717, 1.165) is 32.7 Å². The highest BCUT2D eigenvalue weighted by atomic mass is 16.5. The van der Waals surface area contributed by atoms with E-state index in [0.29, 0.717) is 17.9 Å². The lowest BCUT2D eigenvalue weighted by Gasteiger charge is -2.18. The number of benzene rings is 4. The number of carbonyl (C=O) groups excluding carboxylic acids is 4. The molecule has 0 heterocycles. The minimum Gasteiger partial charge on any atom is -0.483 e. The lowest BCUT2D eigenvalue weighted by atomic mass is 9.97. The Morgan fingerprint density at radius 1 is 0.585 bits per heavy atom. The normalized spacial score (nSPS) is 10.6. The monoisotopic (exact) mass is 558 g/mol. The average molecular weight is 559 g/mol. The molecule has 2 amide bonds. The molecule has 41 heavy (non-hydrogen) atoms. The molecule has 0 radical (unpaired) electrons. The van der Waals surface area contributed by atoms with Gasteiger partial charge in [-0.05, 0) is 21.9 Å². The maximum Gasteiger partial charge on any atom is 0.325 e.